The first-order valence-electron chi connectivity index (χ1n) is 9.26. The highest BCUT2D eigenvalue weighted by molar-refractivity contribution is 7.89. The monoisotopic (exact) mass is 429 g/mol. The van der Waals surface area contributed by atoms with E-state index < -0.39 is 10.0 Å². The summed E-state index contributed by atoms with van der Waals surface area (Å²) in [6.07, 6.45) is 0. The molecule has 1 saturated heterocycles. The summed E-state index contributed by atoms with van der Waals surface area (Å²) >= 11 is 5.19. The van der Waals surface area contributed by atoms with Crippen molar-refractivity contribution in [1.29, 1.82) is 5.26 Å². The normalized spacial score (nSPS) is 15.0. The smallest absolute Gasteiger partial charge is 0.246 e. The zero-order chi connectivity index (χ0) is 21.2. The number of ether oxygens (including phenoxy) is 1. The first-order chi connectivity index (χ1) is 13.7. The third-order valence-corrected chi connectivity index (χ3v) is 6.98. The van der Waals surface area contributed by atoms with Gasteiger partial charge >= 0.3 is 0 Å². The molecule has 0 unspecified atom stereocenters. The van der Waals surface area contributed by atoms with E-state index in [0.29, 0.717) is 31.9 Å². The average Bonchev–Trinajstić information content (AvgIpc) is 2.67. The van der Waals surface area contributed by atoms with Gasteiger partial charge in [-0.15, -0.1) is 0 Å². The van der Waals surface area contributed by atoms with E-state index in [1.807, 2.05) is 49.9 Å². The number of nitrogens with zero attached hydrogens (tertiary/aromatic N) is 3. The van der Waals surface area contributed by atoms with Crippen molar-refractivity contribution >= 4 is 27.2 Å². The van der Waals surface area contributed by atoms with E-state index in [2.05, 4.69) is 0 Å². The molecule has 2 aromatic rings. The lowest BCUT2D eigenvalue weighted by Crippen LogP contribution is -2.49. The number of hydrogen-bond donors (Lipinski definition) is 0. The van der Waals surface area contributed by atoms with Crippen LogP contribution in [0, 0.1) is 25.2 Å². The minimum Gasteiger partial charge on any atom is -0.456 e. The van der Waals surface area contributed by atoms with Crippen LogP contribution in [0.1, 0.15) is 23.6 Å². The molecule has 152 valence electrons. The molecular formula is C21H23N3O3S2. The van der Waals surface area contributed by atoms with Gasteiger partial charge in [0.25, 0.3) is 0 Å². The van der Waals surface area contributed by atoms with E-state index in [-0.39, 0.29) is 16.2 Å². The van der Waals surface area contributed by atoms with Gasteiger partial charge in [-0.3, -0.25) is 0 Å². The second kappa shape index (κ2) is 8.49. The maximum atomic E-state index is 13.4. The zero-order valence-corrected chi connectivity index (χ0v) is 18.3. The summed E-state index contributed by atoms with van der Waals surface area (Å²) < 4.78 is 34.1. The maximum Gasteiger partial charge on any atom is 0.246 e. The lowest BCUT2D eigenvalue weighted by molar-refractivity contribution is 0.267. The highest BCUT2D eigenvalue weighted by Crippen LogP contribution is 2.33. The number of hydrogen-bond acceptors (Lipinski definition) is 5. The summed E-state index contributed by atoms with van der Waals surface area (Å²) in [5.74, 6) is 0.771. The second-order valence-electron chi connectivity index (χ2n) is 7.11. The standard InChI is InChI=1S/C21H23N3O3S2/c1-15-10-16(2)12-19(11-15)27-20-5-4-18(14-22)13-21(20)29(25,26)24-8-6-23(7-9-24)17(3)28/h4-5,10-13H,6-9H2,1-3H3. The lowest BCUT2D eigenvalue weighted by Gasteiger charge is -2.34. The van der Waals surface area contributed by atoms with Crippen LogP contribution in [0.3, 0.4) is 0 Å². The molecule has 29 heavy (non-hydrogen) atoms. The number of nitriles is 1. The third kappa shape index (κ3) is 4.75. The van der Waals surface area contributed by atoms with Crippen molar-refractivity contribution in [2.45, 2.75) is 25.7 Å². The van der Waals surface area contributed by atoms with Crippen LogP contribution in [0.15, 0.2) is 41.3 Å². The Bertz CT molecular complexity index is 1060. The molecule has 0 spiro atoms. The molecule has 2 aromatic carbocycles. The van der Waals surface area contributed by atoms with E-state index >= 15 is 0 Å². The van der Waals surface area contributed by atoms with Crippen molar-refractivity contribution in [3.63, 3.8) is 0 Å². The van der Waals surface area contributed by atoms with Crippen molar-refractivity contribution in [1.82, 2.24) is 9.21 Å². The van der Waals surface area contributed by atoms with Gasteiger partial charge in [0.2, 0.25) is 10.0 Å². The van der Waals surface area contributed by atoms with Gasteiger partial charge in [-0.25, -0.2) is 8.42 Å². The highest BCUT2D eigenvalue weighted by atomic mass is 32.2. The molecule has 0 atom stereocenters. The SMILES string of the molecule is CC(=S)N1CCN(S(=O)(=O)c2cc(C#N)ccc2Oc2cc(C)cc(C)c2)CC1. The van der Waals surface area contributed by atoms with Gasteiger partial charge in [-0.05, 0) is 62.2 Å². The Morgan fingerprint density at radius 2 is 1.69 bits per heavy atom. The Labute approximate surface area is 177 Å². The van der Waals surface area contributed by atoms with Gasteiger partial charge < -0.3 is 9.64 Å². The molecule has 8 heteroatoms. The number of sulfonamides is 1. The van der Waals surface area contributed by atoms with Gasteiger partial charge in [0, 0.05) is 26.2 Å². The fourth-order valence-corrected chi connectivity index (χ4v) is 5.11. The molecule has 1 fully saturated rings. The molecule has 0 radical (unpaired) electrons. The van der Waals surface area contributed by atoms with Gasteiger partial charge in [0.15, 0.2) is 0 Å². The Morgan fingerprint density at radius 3 is 2.24 bits per heavy atom. The number of rotatable bonds is 4. The summed E-state index contributed by atoms with van der Waals surface area (Å²) in [7, 11) is -3.83. The van der Waals surface area contributed by atoms with Gasteiger partial charge in [0.1, 0.15) is 16.4 Å². The third-order valence-electron chi connectivity index (χ3n) is 4.80. The van der Waals surface area contributed by atoms with Gasteiger partial charge in [-0.2, -0.15) is 9.57 Å². The molecule has 6 nitrogen and oxygen atoms in total. The molecule has 1 aliphatic rings. The Balaban J connectivity index is 1.97. The van der Waals surface area contributed by atoms with E-state index in [0.717, 1.165) is 16.1 Å². The molecule has 0 amide bonds. The first-order valence-corrected chi connectivity index (χ1v) is 11.1. The summed E-state index contributed by atoms with van der Waals surface area (Å²) in [5, 5.41) is 9.27. The molecule has 1 heterocycles. The van der Waals surface area contributed by atoms with Crippen LogP contribution in [-0.2, 0) is 10.0 Å². The molecule has 0 aromatic heterocycles. The van der Waals surface area contributed by atoms with E-state index in [4.69, 9.17) is 17.0 Å². The first kappa shape index (κ1) is 21.2. The second-order valence-corrected chi connectivity index (χ2v) is 9.61. The van der Waals surface area contributed by atoms with E-state index in [1.165, 1.54) is 10.4 Å². The van der Waals surface area contributed by atoms with Crippen LogP contribution < -0.4 is 4.74 Å². The van der Waals surface area contributed by atoms with E-state index in [1.54, 1.807) is 12.1 Å². The molecular weight excluding hydrogens is 406 g/mol. The summed E-state index contributed by atoms with van der Waals surface area (Å²) in [4.78, 5) is 2.75. The minimum absolute atomic E-state index is 0.00299. The van der Waals surface area contributed by atoms with Crippen molar-refractivity contribution in [2.24, 2.45) is 0 Å². The molecule has 1 aliphatic heterocycles. The summed E-state index contributed by atoms with van der Waals surface area (Å²) in [6.45, 7) is 7.49. The minimum atomic E-state index is -3.83. The number of benzene rings is 2. The fraction of sp³-hybridized carbons (Fsp3) is 0.333. The largest absolute Gasteiger partial charge is 0.456 e. The predicted octanol–water partition coefficient (Wildman–Crippen LogP) is 3.62. The van der Waals surface area contributed by atoms with Crippen LogP contribution >= 0.6 is 12.2 Å². The fourth-order valence-electron chi connectivity index (χ4n) is 3.36. The van der Waals surface area contributed by atoms with Crippen LogP contribution in [0.4, 0.5) is 0 Å². The van der Waals surface area contributed by atoms with Crippen LogP contribution in [0.25, 0.3) is 0 Å². The number of thiocarbonyl (C=S) groups is 1. The molecule has 0 N–H and O–H groups in total. The molecule has 0 saturated carbocycles. The highest BCUT2D eigenvalue weighted by Gasteiger charge is 2.31. The quantitative estimate of drug-likeness (QED) is 0.691. The van der Waals surface area contributed by atoms with Crippen molar-refractivity contribution < 1.29 is 13.2 Å². The molecule has 0 bridgehead atoms. The van der Waals surface area contributed by atoms with Crippen LogP contribution in [0.2, 0.25) is 0 Å². The maximum absolute atomic E-state index is 13.4. The Kier molecular flexibility index (Phi) is 6.22. The topological polar surface area (TPSA) is 73.6 Å². The number of aryl methyl sites for hydroxylation is 2. The number of piperazine rings is 1. The van der Waals surface area contributed by atoms with Crippen molar-refractivity contribution in [2.75, 3.05) is 26.2 Å². The van der Waals surface area contributed by atoms with Crippen LogP contribution in [-0.4, -0.2) is 48.8 Å². The summed E-state index contributed by atoms with van der Waals surface area (Å²) in [6, 6.07) is 12.2. The average molecular weight is 430 g/mol. The van der Waals surface area contributed by atoms with Crippen LogP contribution in [0.5, 0.6) is 11.5 Å². The van der Waals surface area contributed by atoms with Gasteiger partial charge in [0.05, 0.1) is 16.6 Å². The Morgan fingerprint density at radius 1 is 1.07 bits per heavy atom. The molecule has 0 aliphatic carbocycles. The predicted molar refractivity (Wildman–Crippen MR) is 116 cm³/mol. The van der Waals surface area contributed by atoms with Crippen molar-refractivity contribution in [3.05, 3.63) is 53.1 Å². The van der Waals surface area contributed by atoms with Crippen molar-refractivity contribution in [3.8, 4) is 17.6 Å². The lowest BCUT2D eigenvalue weighted by atomic mass is 10.1. The Hall–Kier alpha value is -2.47. The summed E-state index contributed by atoms with van der Waals surface area (Å²) in [5.41, 5.74) is 2.30. The molecule has 3 rings (SSSR count). The van der Waals surface area contributed by atoms with Gasteiger partial charge in [-0.1, -0.05) is 18.3 Å². The van der Waals surface area contributed by atoms with E-state index in [9.17, 15) is 13.7 Å². The zero-order valence-electron chi connectivity index (χ0n) is 16.7.